The predicted octanol–water partition coefficient (Wildman–Crippen LogP) is 1.03. The number of hydrogen-bond acceptors (Lipinski definition) is 7. The van der Waals surface area contributed by atoms with Crippen LogP contribution in [-0.2, 0) is 0 Å². The molecule has 2 heterocycles. The normalized spacial score (nSPS) is 15.1. The van der Waals surface area contributed by atoms with Crippen molar-refractivity contribution in [1.82, 2.24) is 0 Å². The molecule has 1 aliphatic heterocycles. The summed E-state index contributed by atoms with van der Waals surface area (Å²) in [6.07, 6.45) is -1.10. The Bertz CT molecular complexity index is 757. The molecule has 0 unspecified atom stereocenters. The van der Waals surface area contributed by atoms with Crippen LogP contribution < -0.4 is 19.8 Å². The van der Waals surface area contributed by atoms with E-state index in [9.17, 15) is 15.0 Å². The van der Waals surface area contributed by atoms with Gasteiger partial charge in [-0.15, -0.1) is 0 Å². The van der Waals surface area contributed by atoms with Gasteiger partial charge in [0.1, 0.15) is 18.3 Å². The van der Waals surface area contributed by atoms with E-state index < -0.39 is 17.3 Å². The van der Waals surface area contributed by atoms with Gasteiger partial charge in [-0.3, -0.25) is 0 Å². The molecule has 22 heavy (non-hydrogen) atoms. The SMILES string of the molecule is CC(C)(O)[C@H](O)COc1c2c(cc3oc(=O)ccc13)OCO2. The van der Waals surface area contributed by atoms with Gasteiger partial charge in [-0.2, -0.15) is 0 Å². The first kappa shape index (κ1) is 14.7. The second-order valence-corrected chi connectivity index (χ2v) is 5.59. The van der Waals surface area contributed by atoms with Crippen molar-refractivity contribution in [2.45, 2.75) is 25.6 Å². The fraction of sp³-hybridized carbons (Fsp3) is 0.400. The monoisotopic (exact) mass is 308 g/mol. The Kier molecular flexibility index (Phi) is 3.46. The highest BCUT2D eigenvalue weighted by Crippen LogP contribution is 2.46. The smallest absolute Gasteiger partial charge is 0.336 e. The van der Waals surface area contributed by atoms with Crippen LogP contribution in [0.3, 0.4) is 0 Å². The van der Waals surface area contributed by atoms with E-state index in [1.54, 1.807) is 12.1 Å². The molecule has 0 spiro atoms. The van der Waals surface area contributed by atoms with Crippen LogP contribution in [0.5, 0.6) is 17.2 Å². The molecule has 7 nitrogen and oxygen atoms in total. The van der Waals surface area contributed by atoms with Gasteiger partial charge in [0.2, 0.25) is 12.5 Å². The molecule has 2 aromatic rings. The van der Waals surface area contributed by atoms with Gasteiger partial charge in [0.25, 0.3) is 0 Å². The summed E-state index contributed by atoms with van der Waals surface area (Å²) >= 11 is 0. The van der Waals surface area contributed by atoms with Crippen molar-refractivity contribution in [1.29, 1.82) is 0 Å². The first-order valence-corrected chi connectivity index (χ1v) is 6.76. The Morgan fingerprint density at radius 1 is 1.36 bits per heavy atom. The number of ether oxygens (including phenoxy) is 3. The van der Waals surface area contributed by atoms with Gasteiger partial charge in [0.15, 0.2) is 11.5 Å². The van der Waals surface area contributed by atoms with Crippen LogP contribution in [0, 0.1) is 0 Å². The summed E-state index contributed by atoms with van der Waals surface area (Å²) in [6, 6.07) is 4.37. The maximum absolute atomic E-state index is 11.3. The maximum Gasteiger partial charge on any atom is 0.336 e. The van der Waals surface area contributed by atoms with Crippen molar-refractivity contribution in [3.05, 3.63) is 28.6 Å². The molecule has 1 aromatic heterocycles. The number of rotatable bonds is 4. The fourth-order valence-electron chi connectivity index (χ4n) is 2.05. The Hall–Kier alpha value is -2.25. The third-order valence-electron chi connectivity index (χ3n) is 3.42. The zero-order chi connectivity index (χ0) is 15.9. The molecule has 0 radical (unpaired) electrons. The standard InChI is InChI=1S/C15H16O7/c1-15(2,18)11(16)6-19-13-8-3-4-12(17)22-9(8)5-10-14(13)21-7-20-10/h3-5,11,16,18H,6-7H2,1-2H3/t11-/m1/s1. The maximum atomic E-state index is 11.3. The van der Waals surface area contributed by atoms with Crippen molar-refractivity contribution in [3.63, 3.8) is 0 Å². The van der Waals surface area contributed by atoms with Gasteiger partial charge in [-0.05, 0) is 19.9 Å². The lowest BCUT2D eigenvalue weighted by atomic mass is 10.0. The van der Waals surface area contributed by atoms with Crippen molar-refractivity contribution in [3.8, 4) is 17.2 Å². The second kappa shape index (κ2) is 5.19. The molecule has 0 saturated heterocycles. The zero-order valence-electron chi connectivity index (χ0n) is 12.2. The number of aliphatic hydroxyl groups is 2. The predicted molar refractivity (Wildman–Crippen MR) is 76.4 cm³/mol. The first-order chi connectivity index (χ1) is 10.4. The van der Waals surface area contributed by atoms with Crippen molar-refractivity contribution < 1.29 is 28.8 Å². The molecular formula is C15H16O7. The summed E-state index contributed by atoms with van der Waals surface area (Å²) < 4.78 is 21.4. The molecule has 1 aliphatic rings. The van der Waals surface area contributed by atoms with Crippen LogP contribution >= 0.6 is 0 Å². The van der Waals surface area contributed by atoms with Gasteiger partial charge < -0.3 is 28.8 Å². The van der Waals surface area contributed by atoms with Crippen LogP contribution in [0.2, 0.25) is 0 Å². The van der Waals surface area contributed by atoms with Crippen LogP contribution in [0.1, 0.15) is 13.8 Å². The van der Waals surface area contributed by atoms with Crippen LogP contribution in [0.25, 0.3) is 11.0 Å². The number of aliphatic hydroxyl groups excluding tert-OH is 1. The lowest BCUT2D eigenvalue weighted by Crippen LogP contribution is -2.40. The zero-order valence-corrected chi connectivity index (χ0v) is 12.2. The molecule has 2 N–H and O–H groups in total. The summed E-state index contributed by atoms with van der Waals surface area (Å²) in [4.78, 5) is 11.3. The average Bonchev–Trinajstić information content (AvgIpc) is 2.89. The lowest BCUT2D eigenvalue weighted by Gasteiger charge is -2.24. The largest absolute Gasteiger partial charge is 0.486 e. The number of benzene rings is 1. The second-order valence-electron chi connectivity index (χ2n) is 5.59. The molecule has 118 valence electrons. The summed E-state index contributed by atoms with van der Waals surface area (Å²) in [5, 5.41) is 20.2. The van der Waals surface area contributed by atoms with Gasteiger partial charge in [0, 0.05) is 12.1 Å². The number of fused-ring (bicyclic) bond motifs is 2. The van der Waals surface area contributed by atoms with E-state index in [2.05, 4.69) is 0 Å². The topological polar surface area (TPSA) is 98.4 Å². The Morgan fingerprint density at radius 2 is 2.14 bits per heavy atom. The van der Waals surface area contributed by atoms with E-state index in [0.717, 1.165) is 0 Å². The highest BCUT2D eigenvalue weighted by Gasteiger charge is 2.28. The first-order valence-electron chi connectivity index (χ1n) is 6.76. The van der Waals surface area contributed by atoms with E-state index in [1.165, 1.54) is 19.9 Å². The Labute approximate surface area is 125 Å². The molecule has 0 bridgehead atoms. The van der Waals surface area contributed by atoms with E-state index in [4.69, 9.17) is 18.6 Å². The minimum atomic E-state index is -1.31. The molecule has 1 atom stereocenters. The fourth-order valence-corrected chi connectivity index (χ4v) is 2.05. The molecule has 0 saturated carbocycles. The van der Waals surface area contributed by atoms with Crippen LogP contribution in [-0.4, -0.2) is 35.3 Å². The highest BCUT2D eigenvalue weighted by atomic mass is 16.7. The number of hydrogen-bond donors (Lipinski definition) is 2. The molecule has 3 rings (SSSR count). The van der Waals surface area contributed by atoms with Crippen molar-refractivity contribution >= 4 is 11.0 Å². The van der Waals surface area contributed by atoms with Crippen LogP contribution in [0.15, 0.2) is 27.4 Å². The Balaban J connectivity index is 2.02. The molecular weight excluding hydrogens is 292 g/mol. The van der Waals surface area contributed by atoms with Gasteiger partial charge >= 0.3 is 5.63 Å². The van der Waals surface area contributed by atoms with E-state index in [1.807, 2.05) is 0 Å². The molecule has 0 fully saturated rings. The quantitative estimate of drug-likeness (QED) is 0.814. The third-order valence-corrected chi connectivity index (χ3v) is 3.42. The van der Waals surface area contributed by atoms with E-state index in [-0.39, 0.29) is 13.4 Å². The summed E-state index contributed by atoms with van der Waals surface area (Å²) in [5.41, 5.74) is -1.50. The van der Waals surface area contributed by atoms with E-state index >= 15 is 0 Å². The summed E-state index contributed by atoms with van der Waals surface area (Å²) in [6.45, 7) is 2.83. The molecule has 0 aliphatic carbocycles. The minimum Gasteiger partial charge on any atom is -0.486 e. The molecule has 0 amide bonds. The van der Waals surface area contributed by atoms with Crippen LogP contribution in [0.4, 0.5) is 0 Å². The molecule has 7 heteroatoms. The third kappa shape index (κ3) is 2.60. The lowest BCUT2D eigenvalue weighted by molar-refractivity contribution is -0.0662. The molecule has 1 aromatic carbocycles. The van der Waals surface area contributed by atoms with Gasteiger partial charge in [-0.1, -0.05) is 0 Å². The average molecular weight is 308 g/mol. The highest BCUT2D eigenvalue weighted by molar-refractivity contribution is 5.89. The van der Waals surface area contributed by atoms with E-state index in [0.29, 0.717) is 28.2 Å². The van der Waals surface area contributed by atoms with Crippen molar-refractivity contribution in [2.24, 2.45) is 0 Å². The minimum absolute atomic E-state index is 0.0281. The summed E-state index contributed by atoms with van der Waals surface area (Å²) in [5.74, 6) is 1.08. The van der Waals surface area contributed by atoms with Gasteiger partial charge in [-0.25, -0.2) is 4.79 Å². The Morgan fingerprint density at radius 3 is 2.86 bits per heavy atom. The summed E-state index contributed by atoms with van der Waals surface area (Å²) in [7, 11) is 0. The van der Waals surface area contributed by atoms with Gasteiger partial charge in [0.05, 0.1) is 11.0 Å². The van der Waals surface area contributed by atoms with Crippen molar-refractivity contribution in [2.75, 3.05) is 13.4 Å².